The second kappa shape index (κ2) is 29.4. The molecule has 0 saturated carbocycles. The van der Waals surface area contributed by atoms with Gasteiger partial charge in [0.25, 0.3) is 22.9 Å². The Morgan fingerprint density at radius 2 is 1.01 bits per heavy atom. The molecule has 0 bridgehead atoms. The van der Waals surface area contributed by atoms with Crippen molar-refractivity contribution in [3.63, 3.8) is 0 Å². The highest BCUT2D eigenvalue weighted by atomic mass is 35.5. The summed E-state index contributed by atoms with van der Waals surface area (Å²) in [4.78, 5) is 108. The molecule has 7 N–H and O–H groups in total. The van der Waals surface area contributed by atoms with Crippen molar-refractivity contribution in [1.29, 1.82) is 0 Å². The minimum Gasteiger partial charge on any atom is -0.496 e. The molecule has 0 aliphatic carbocycles. The number of rotatable bonds is 14. The van der Waals surface area contributed by atoms with Gasteiger partial charge in [0.15, 0.2) is 6.29 Å². The number of aldehydes is 1. The van der Waals surface area contributed by atoms with Crippen LogP contribution in [0.25, 0.3) is 44.5 Å². The van der Waals surface area contributed by atoms with Crippen molar-refractivity contribution >= 4 is 87.7 Å². The summed E-state index contributed by atoms with van der Waals surface area (Å²) in [6.45, 7) is 1.30. The molecule has 8 aromatic rings. The van der Waals surface area contributed by atoms with Crippen molar-refractivity contribution in [2.75, 3.05) is 37.9 Å². The van der Waals surface area contributed by atoms with E-state index in [0.29, 0.717) is 88.0 Å². The molecule has 0 radical (unpaired) electrons. The van der Waals surface area contributed by atoms with Crippen LogP contribution in [0.5, 0.6) is 11.5 Å². The molecule has 2 fully saturated rings. The van der Waals surface area contributed by atoms with Gasteiger partial charge >= 0.3 is 11.4 Å². The van der Waals surface area contributed by atoms with Crippen molar-refractivity contribution in [2.45, 2.75) is 38.9 Å². The predicted octanol–water partition coefficient (Wildman–Crippen LogP) is 8.51. The summed E-state index contributed by atoms with van der Waals surface area (Å²) < 4.78 is 44.6. The van der Waals surface area contributed by atoms with E-state index < -0.39 is 45.9 Å². The summed E-state index contributed by atoms with van der Waals surface area (Å²) in [6.07, 6.45) is 3.52. The van der Waals surface area contributed by atoms with Crippen LogP contribution in [0.15, 0.2) is 129 Å². The van der Waals surface area contributed by atoms with Crippen molar-refractivity contribution in [3.8, 4) is 56.0 Å². The van der Waals surface area contributed by atoms with E-state index in [4.69, 9.17) is 61.6 Å². The molecule has 21 nitrogen and oxygen atoms in total. The molecule has 2 aliphatic heterocycles. The molecule has 2 aromatic heterocycles. The molecule has 4 amide bonds. The number of nitrogens with one attached hydrogen (secondary N) is 5. The third kappa shape index (κ3) is 14.7. The summed E-state index contributed by atoms with van der Waals surface area (Å²) in [7, 11) is 8.20. The Morgan fingerprint density at radius 3 is 1.41 bits per heavy atom. The summed E-state index contributed by atoms with van der Waals surface area (Å²) in [5.74, 6) is -2.36. The first-order valence-corrected chi connectivity index (χ1v) is 28.4. The Morgan fingerprint density at radius 1 is 0.600 bits per heavy atom. The second-order valence-corrected chi connectivity index (χ2v) is 21.9. The molecule has 2 aliphatic rings. The number of carbonyl (C=O) groups is 5. The predicted molar refractivity (Wildman–Crippen MR) is 343 cm³/mol. The van der Waals surface area contributed by atoms with E-state index in [1.54, 1.807) is 78.9 Å². The van der Waals surface area contributed by atoms with Gasteiger partial charge in [0.1, 0.15) is 34.3 Å². The van der Waals surface area contributed by atoms with E-state index in [-0.39, 0.29) is 91.8 Å². The van der Waals surface area contributed by atoms with Gasteiger partial charge in [-0.1, -0.05) is 114 Å². The Balaban J connectivity index is 0.000000230. The first-order chi connectivity index (χ1) is 42.4. The highest BCUT2D eigenvalue weighted by molar-refractivity contribution is 6.40. The van der Waals surface area contributed by atoms with Crippen LogP contribution in [-0.2, 0) is 44.3 Å². The number of hydrogen-bond acceptors (Lipinski definition) is 13. The number of nitrogens with zero attached hydrogens (tertiary/aromatic N) is 4. The lowest BCUT2D eigenvalue weighted by atomic mass is 9.97. The molecule has 90 heavy (non-hydrogen) atoms. The van der Waals surface area contributed by atoms with E-state index in [0.717, 1.165) is 24.5 Å². The van der Waals surface area contributed by atoms with Crippen LogP contribution < -0.4 is 64.3 Å². The van der Waals surface area contributed by atoms with Gasteiger partial charge < -0.3 is 50.9 Å². The van der Waals surface area contributed by atoms with Crippen molar-refractivity contribution < 1.29 is 42.2 Å². The monoisotopic (exact) mass is 1310 g/mol. The third-order valence-corrected chi connectivity index (χ3v) is 16.1. The number of carbonyl (C=O) groups excluding carboxylic acids is 5. The van der Waals surface area contributed by atoms with Crippen LogP contribution in [0.3, 0.4) is 0 Å². The quantitative estimate of drug-likeness (QED) is 0.0558. The number of anilines is 2. The first kappa shape index (κ1) is 68.3. The Kier molecular flexibility index (Phi) is 22.3. The van der Waals surface area contributed by atoms with Gasteiger partial charge in [-0.2, -0.15) is 0 Å². The van der Waals surface area contributed by atoms with Crippen LogP contribution in [0.1, 0.15) is 56.9 Å². The molecule has 6 aromatic carbocycles. The SMILES string of the molecule is C.COc1cc(-c2cccc(-c3cccc(NC(=O)c4cn(C)c(=O)n(C)c4=O)c3Cl)c2Cl)cc(F)c1C=O.COc1cc(-c2cccc(-c3cccc(NC(=O)c4cn(C)c(=O)n(C)c4=O)c3Cl)c2Cl)cc(F)c1CN[C@@H]1CNC(=O)C1.N[C@@H]1CNC(=O)C1. The number of aromatic nitrogens is 4. The van der Waals surface area contributed by atoms with E-state index in [1.807, 2.05) is 0 Å². The largest absolute Gasteiger partial charge is 0.496 e. The third-order valence-electron chi connectivity index (χ3n) is 14.4. The smallest absolute Gasteiger partial charge is 0.330 e. The standard InChI is InChI=1S/C31H28Cl2FN5O5.C27H20Cl2FN3O5.C4H8N2O.CH4/c1-38-15-22(30(42)39(2)31(38)43)29(41)37-24-9-5-8-20(28(24)33)19-7-4-6-18(27(19)32)16-10-23(34)21(25(11-16)44-3)14-35-17-12-26(40)36-13-17;1-32-12-18(26(36)33(2)27(32)37)25(35)31-21-9-5-8-17(24(21)29)16-7-4-6-15(23(16)28)14-10-20(30)19(13-34)22(11-14)38-3;5-3-1-4(7)6-2-3;/h4-11,15,17,35H,12-14H2,1-3H3,(H,36,40)(H,37,41);4-13H,1-3H3,(H,31,35);3H,1-2,5H2,(H,6,7);1H4/t17-;;3-;/m0.0./s1. The fourth-order valence-electron chi connectivity index (χ4n) is 9.68. The highest BCUT2D eigenvalue weighted by Crippen LogP contribution is 2.44. The van der Waals surface area contributed by atoms with Gasteiger partial charge in [-0.25, -0.2) is 18.4 Å². The second-order valence-electron chi connectivity index (χ2n) is 20.4. The zero-order valence-corrected chi connectivity index (χ0v) is 51.3. The fourth-order valence-corrected chi connectivity index (χ4v) is 10.9. The van der Waals surface area contributed by atoms with E-state index in [1.165, 1.54) is 66.8 Å². The number of halogens is 6. The topological polar surface area (TPSA) is 278 Å². The minimum absolute atomic E-state index is 0. The van der Waals surface area contributed by atoms with Crippen molar-refractivity contribution in [1.82, 2.24) is 34.2 Å². The molecule has 10 rings (SSSR count). The summed E-state index contributed by atoms with van der Waals surface area (Å²) in [5.41, 5.74) is 6.54. The molecule has 2 saturated heterocycles. The van der Waals surface area contributed by atoms with Crippen LogP contribution >= 0.6 is 46.4 Å². The molecule has 27 heteroatoms. The van der Waals surface area contributed by atoms with E-state index in [9.17, 15) is 47.5 Å². The number of methoxy groups -OCH3 is 2. The molecule has 4 heterocycles. The number of amides is 4. The van der Waals surface area contributed by atoms with Crippen LogP contribution in [-0.4, -0.2) is 87.6 Å². The maximum Gasteiger partial charge on any atom is 0.330 e. The van der Waals surface area contributed by atoms with Crippen LogP contribution in [0.2, 0.25) is 20.1 Å². The van der Waals surface area contributed by atoms with Crippen molar-refractivity contribution in [3.05, 3.63) is 205 Å². The maximum atomic E-state index is 15.4. The van der Waals surface area contributed by atoms with Gasteiger partial charge in [-0.05, 0) is 47.5 Å². The maximum absolute atomic E-state index is 15.4. The number of aryl methyl sites for hydroxylation is 2. The molecular weight excluding hydrogens is 1250 g/mol. The normalized spacial score (nSPS) is 14.0. The zero-order chi connectivity index (χ0) is 64.7. The lowest BCUT2D eigenvalue weighted by Gasteiger charge is -2.17. The van der Waals surface area contributed by atoms with E-state index >= 15 is 4.39 Å². The van der Waals surface area contributed by atoms with Crippen LogP contribution in [0.4, 0.5) is 20.2 Å². The van der Waals surface area contributed by atoms with Crippen LogP contribution in [0, 0.1) is 11.6 Å². The van der Waals surface area contributed by atoms with Gasteiger partial charge in [0.2, 0.25) is 11.8 Å². The summed E-state index contributed by atoms with van der Waals surface area (Å²) in [6, 6.07) is 25.8. The number of benzene rings is 6. The lowest BCUT2D eigenvalue weighted by Crippen LogP contribution is -2.40. The molecule has 470 valence electrons. The zero-order valence-electron chi connectivity index (χ0n) is 48.3. The summed E-state index contributed by atoms with van der Waals surface area (Å²) >= 11 is 27.0. The van der Waals surface area contributed by atoms with Gasteiger partial charge in [-0.3, -0.25) is 42.7 Å². The minimum atomic E-state index is -0.761. The van der Waals surface area contributed by atoms with Crippen molar-refractivity contribution in [2.24, 2.45) is 33.9 Å². The highest BCUT2D eigenvalue weighted by Gasteiger charge is 2.26. The van der Waals surface area contributed by atoms with Gasteiger partial charge in [-0.15, -0.1) is 0 Å². The average Bonchev–Trinajstić information content (AvgIpc) is 0.980. The number of hydrogen-bond donors (Lipinski definition) is 6. The molecular formula is C63H60Cl4F2N10O11. The molecule has 0 spiro atoms. The molecule has 0 unspecified atom stereocenters. The summed E-state index contributed by atoms with van der Waals surface area (Å²) in [5, 5.41) is 14.6. The first-order valence-electron chi connectivity index (χ1n) is 26.9. The lowest BCUT2D eigenvalue weighted by molar-refractivity contribution is -0.120. The molecule has 2 atom stereocenters. The Hall–Kier alpha value is -9.23. The Labute approximate surface area is 533 Å². The fraction of sp³-hybridized carbons (Fsp3) is 0.222. The number of ether oxygens (including phenoxy) is 2. The van der Waals surface area contributed by atoms with Gasteiger partial charge in [0, 0.05) is 124 Å². The number of nitrogens with two attached hydrogens (primary N) is 1. The van der Waals surface area contributed by atoms with E-state index in [2.05, 4.69) is 26.6 Å². The Bertz CT molecular complexity index is 4420. The average molecular weight is 1310 g/mol. The van der Waals surface area contributed by atoms with Gasteiger partial charge in [0.05, 0.1) is 51.2 Å².